The van der Waals surface area contributed by atoms with Crippen LogP contribution in [0.5, 0.6) is 0 Å². The second-order valence-electron chi connectivity index (χ2n) is 3.88. The monoisotopic (exact) mass is 197 g/mol. The van der Waals surface area contributed by atoms with E-state index in [4.69, 9.17) is 4.74 Å². The van der Waals surface area contributed by atoms with Crippen molar-refractivity contribution in [3.63, 3.8) is 0 Å². The molecule has 1 atom stereocenters. The molecule has 1 aliphatic rings. The maximum absolute atomic E-state index is 5.56. The van der Waals surface area contributed by atoms with Crippen molar-refractivity contribution in [2.24, 2.45) is 0 Å². The predicted molar refractivity (Wildman–Crippen MR) is 60.5 cm³/mol. The number of hydrogen-bond donors (Lipinski definition) is 1. The lowest BCUT2D eigenvalue weighted by Gasteiger charge is -2.08. The fourth-order valence-corrected chi connectivity index (χ4v) is 1.80. The van der Waals surface area contributed by atoms with E-state index in [0.717, 1.165) is 26.1 Å². The van der Waals surface area contributed by atoms with Gasteiger partial charge in [0, 0.05) is 6.61 Å². The largest absolute Gasteiger partial charge is 0.378 e. The van der Waals surface area contributed by atoms with Crippen molar-refractivity contribution in [1.29, 1.82) is 0 Å². The van der Waals surface area contributed by atoms with Gasteiger partial charge in [-0.05, 0) is 52.1 Å². The minimum atomic E-state index is 0.562. The zero-order valence-electron chi connectivity index (χ0n) is 9.30. The van der Waals surface area contributed by atoms with Gasteiger partial charge in [-0.25, -0.2) is 0 Å². The van der Waals surface area contributed by atoms with Gasteiger partial charge in [-0.15, -0.1) is 0 Å². The van der Waals surface area contributed by atoms with Crippen molar-refractivity contribution in [2.45, 2.75) is 45.1 Å². The third kappa shape index (κ3) is 5.40. The summed E-state index contributed by atoms with van der Waals surface area (Å²) in [6.07, 6.45) is 11.0. The van der Waals surface area contributed by atoms with Crippen molar-refractivity contribution >= 4 is 0 Å². The molecule has 0 amide bonds. The van der Waals surface area contributed by atoms with Gasteiger partial charge in [0.05, 0.1) is 6.10 Å². The molecule has 0 aromatic heterocycles. The summed E-state index contributed by atoms with van der Waals surface area (Å²) in [5.41, 5.74) is 0. The first-order chi connectivity index (χ1) is 6.93. The van der Waals surface area contributed by atoms with Crippen LogP contribution in [0.3, 0.4) is 0 Å². The number of ether oxygens (including phenoxy) is 1. The van der Waals surface area contributed by atoms with Crippen LogP contribution in [-0.2, 0) is 4.74 Å². The highest BCUT2D eigenvalue weighted by molar-refractivity contribution is 4.77. The van der Waals surface area contributed by atoms with Crippen LogP contribution < -0.4 is 5.32 Å². The Labute approximate surface area is 87.7 Å². The van der Waals surface area contributed by atoms with E-state index in [1.165, 1.54) is 25.7 Å². The molecule has 0 radical (unpaired) electrons. The molecule has 1 aliphatic heterocycles. The fourth-order valence-electron chi connectivity index (χ4n) is 1.80. The molecular weight excluding hydrogens is 174 g/mol. The Balaban J connectivity index is 1.79. The van der Waals surface area contributed by atoms with Crippen LogP contribution in [0.15, 0.2) is 12.2 Å². The first-order valence-electron chi connectivity index (χ1n) is 5.87. The smallest absolute Gasteiger partial charge is 0.0576 e. The first kappa shape index (κ1) is 11.7. The molecule has 82 valence electrons. The zero-order valence-corrected chi connectivity index (χ0v) is 9.30. The number of rotatable bonds is 7. The van der Waals surface area contributed by atoms with Gasteiger partial charge < -0.3 is 10.1 Å². The highest BCUT2D eigenvalue weighted by atomic mass is 16.5. The van der Waals surface area contributed by atoms with Crippen LogP contribution in [-0.4, -0.2) is 25.8 Å². The van der Waals surface area contributed by atoms with E-state index in [1.807, 2.05) is 0 Å². The third-order valence-electron chi connectivity index (χ3n) is 2.63. The molecule has 1 fully saturated rings. The predicted octanol–water partition coefficient (Wildman–Crippen LogP) is 2.50. The lowest BCUT2D eigenvalue weighted by Crippen LogP contribution is -2.18. The molecule has 2 heteroatoms. The van der Waals surface area contributed by atoms with Crippen molar-refractivity contribution in [3.8, 4) is 0 Å². The Bertz CT molecular complexity index is 150. The van der Waals surface area contributed by atoms with Crippen molar-refractivity contribution < 1.29 is 4.74 Å². The maximum Gasteiger partial charge on any atom is 0.0576 e. The van der Waals surface area contributed by atoms with Crippen LogP contribution in [0.1, 0.15) is 39.0 Å². The van der Waals surface area contributed by atoms with Gasteiger partial charge >= 0.3 is 0 Å². The molecule has 1 unspecified atom stereocenters. The summed E-state index contributed by atoms with van der Waals surface area (Å²) in [7, 11) is 0. The van der Waals surface area contributed by atoms with E-state index in [-0.39, 0.29) is 0 Å². The van der Waals surface area contributed by atoms with Crippen LogP contribution in [0, 0.1) is 0 Å². The second kappa shape index (κ2) is 8.01. The van der Waals surface area contributed by atoms with Crippen molar-refractivity contribution in [1.82, 2.24) is 5.32 Å². The molecule has 0 aromatic rings. The lowest BCUT2D eigenvalue weighted by atomic mass is 10.1. The number of allylic oxidation sites excluding steroid dienone is 1. The van der Waals surface area contributed by atoms with Crippen LogP contribution in [0.4, 0.5) is 0 Å². The van der Waals surface area contributed by atoms with E-state index in [1.54, 1.807) is 0 Å². The highest BCUT2D eigenvalue weighted by Gasteiger charge is 2.13. The Hall–Kier alpha value is -0.340. The SMILES string of the molecule is C/C=C/CCNCCCC1CCCO1. The standard InChI is InChI=1S/C12H23NO/c1-2-3-4-9-13-10-5-7-12-8-6-11-14-12/h2-3,12-13H,4-11H2,1H3/b3-2+. The Kier molecular flexibility index (Phi) is 6.71. The Morgan fingerprint density at radius 3 is 3.07 bits per heavy atom. The molecule has 14 heavy (non-hydrogen) atoms. The number of hydrogen-bond acceptors (Lipinski definition) is 2. The fraction of sp³-hybridized carbons (Fsp3) is 0.833. The van der Waals surface area contributed by atoms with E-state index < -0.39 is 0 Å². The molecule has 0 aromatic carbocycles. The van der Waals surface area contributed by atoms with E-state index in [2.05, 4.69) is 24.4 Å². The van der Waals surface area contributed by atoms with Gasteiger partial charge in [0.1, 0.15) is 0 Å². The molecule has 0 bridgehead atoms. The van der Waals surface area contributed by atoms with E-state index in [9.17, 15) is 0 Å². The van der Waals surface area contributed by atoms with Gasteiger partial charge in [-0.1, -0.05) is 12.2 Å². The summed E-state index contributed by atoms with van der Waals surface area (Å²) in [5.74, 6) is 0. The van der Waals surface area contributed by atoms with Crippen LogP contribution >= 0.6 is 0 Å². The molecule has 1 heterocycles. The van der Waals surface area contributed by atoms with Crippen LogP contribution in [0.25, 0.3) is 0 Å². The molecular formula is C12H23NO. The molecule has 2 nitrogen and oxygen atoms in total. The van der Waals surface area contributed by atoms with Gasteiger partial charge in [0.25, 0.3) is 0 Å². The summed E-state index contributed by atoms with van der Waals surface area (Å²) in [6, 6.07) is 0. The first-order valence-corrected chi connectivity index (χ1v) is 5.87. The quantitative estimate of drug-likeness (QED) is 0.500. The summed E-state index contributed by atoms with van der Waals surface area (Å²) in [5, 5.41) is 3.44. The average Bonchev–Trinajstić information content (AvgIpc) is 2.69. The normalized spacial score (nSPS) is 22.2. The summed E-state index contributed by atoms with van der Waals surface area (Å²) in [6.45, 7) is 5.30. The van der Waals surface area contributed by atoms with Crippen LogP contribution in [0.2, 0.25) is 0 Å². The van der Waals surface area contributed by atoms with Crippen molar-refractivity contribution in [2.75, 3.05) is 19.7 Å². The van der Waals surface area contributed by atoms with Gasteiger partial charge in [0.15, 0.2) is 0 Å². The van der Waals surface area contributed by atoms with E-state index >= 15 is 0 Å². The summed E-state index contributed by atoms with van der Waals surface area (Å²) in [4.78, 5) is 0. The lowest BCUT2D eigenvalue weighted by molar-refractivity contribution is 0.102. The maximum atomic E-state index is 5.56. The minimum absolute atomic E-state index is 0.562. The highest BCUT2D eigenvalue weighted by Crippen LogP contribution is 2.16. The average molecular weight is 197 g/mol. The van der Waals surface area contributed by atoms with Gasteiger partial charge in [0.2, 0.25) is 0 Å². The molecule has 1 N–H and O–H groups in total. The molecule has 0 aliphatic carbocycles. The third-order valence-corrected chi connectivity index (χ3v) is 2.63. The van der Waals surface area contributed by atoms with Gasteiger partial charge in [-0.3, -0.25) is 0 Å². The zero-order chi connectivity index (χ0) is 10.1. The van der Waals surface area contributed by atoms with Gasteiger partial charge in [-0.2, -0.15) is 0 Å². The second-order valence-corrected chi connectivity index (χ2v) is 3.88. The summed E-state index contributed by atoms with van der Waals surface area (Å²) >= 11 is 0. The Morgan fingerprint density at radius 2 is 2.36 bits per heavy atom. The molecule has 1 saturated heterocycles. The Morgan fingerprint density at radius 1 is 1.43 bits per heavy atom. The van der Waals surface area contributed by atoms with Crippen molar-refractivity contribution in [3.05, 3.63) is 12.2 Å². The summed E-state index contributed by atoms with van der Waals surface area (Å²) < 4.78 is 5.56. The topological polar surface area (TPSA) is 21.3 Å². The molecule has 0 saturated carbocycles. The number of nitrogens with one attached hydrogen (secondary N) is 1. The molecule has 0 spiro atoms. The molecule has 1 rings (SSSR count). The minimum Gasteiger partial charge on any atom is -0.378 e. The van der Waals surface area contributed by atoms with E-state index in [0.29, 0.717) is 6.10 Å².